The first kappa shape index (κ1) is 28.2. The van der Waals surface area contributed by atoms with Gasteiger partial charge in [-0.25, -0.2) is 4.98 Å². The molecule has 4 nitrogen and oxygen atoms in total. The van der Waals surface area contributed by atoms with E-state index in [9.17, 15) is 0 Å². The molecule has 0 aliphatic heterocycles. The number of hydrogen-bond donors (Lipinski definition) is 0. The molecule has 2 aromatic heterocycles. The minimum atomic E-state index is 0.101. The smallest absolute Gasteiger partial charge is 0.137 e. The minimum Gasteiger partial charge on any atom is -0.311 e. The maximum Gasteiger partial charge on any atom is 0.137 e. The van der Waals surface area contributed by atoms with Gasteiger partial charge in [-0.15, -0.1) is 0 Å². The molecule has 0 spiro atoms. The monoisotopic (exact) mass is 584 g/mol. The molecule has 0 bridgehead atoms. The second-order valence-electron chi connectivity index (χ2n) is 12.3. The molecule has 0 saturated heterocycles. The summed E-state index contributed by atoms with van der Waals surface area (Å²) in [6.07, 6.45) is 4.11. The molecule has 5 aromatic carbocycles. The van der Waals surface area contributed by atoms with Crippen LogP contribution in [0.4, 0.5) is 34.1 Å². The summed E-state index contributed by atoms with van der Waals surface area (Å²) in [4.78, 5) is 9.42. The van der Waals surface area contributed by atoms with Crippen LogP contribution in [0.2, 0.25) is 0 Å². The normalized spacial score (nSPS) is 11.4. The van der Waals surface area contributed by atoms with E-state index in [-0.39, 0.29) is 5.41 Å². The van der Waals surface area contributed by atoms with Crippen molar-refractivity contribution < 1.29 is 0 Å². The summed E-state index contributed by atoms with van der Waals surface area (Å²) < 4.78 is 2.05. The Hall–Kier alpha value is -5.61. The third kappa shape index (κ3) is 5.83. The van der Waals surface area contributed by atoms with Crippen LogP contribution in [0.25, 0.3) is 16.9 Å². The molecule has 0 unspecified atom stereocenters. The Bertz CT molecular complexity index is 1970. The van der Waals surface area contributed by atoms with Gasteiger partial charge in [-0.1, -0.05) is 87.5 Å². The topological polar surface area (TPSA) is 23.8 Å². The van der Waals surface area contributed by atoms with Crippen molar-refractivity contribution in [2.75, 3.05) is 9.80 Å². The van der Waals surface area contributed by atoms with E-state index in [1.165, 1.54) is 5.56 Å². The van der Waals surface area contributed by atoms with E-state index in [2.05, 4.69) is 175 Å². The average molecular weight is 585 g/mol. The van der Waals surface area contributed by atoms with Gasteiger partial charge >= 0.3 is 0 Å². The highest BCUT2D eigenvalue weighted by molar-refractivity contribution is 5.81. The van der Waals surface area contributed by atoms with Crippen molar-refractivity contribution in [3.8, 4) is 11.3 Å². The zero-order valence-electron chi connectivity index (χ0n) is 25.9. The molecule has 7 rings (SSSR count). The summed E-state index contributed by atoms with van der Waals surface area (Å²) in [5.74, 6) is 0. The SMILES string of the molecule is CC(C)(C)c1ccc(N(c2ccccc2)c2ccc(N(c3ccccc3)c3ccc(-c4cn5ccccc5n4)cc3)cc2)cc1. The van der Waals surface area contributed by atoms with E-state index in [0.717, 1.165) is 51.0 Å². The van der Waals surface area contributed by atoms with Gasteiger partial charge in [-0.05, 0) is 95.9 Å². The van der Waals surface area contributed by atoms with Gasteiger partial charge in [0, 0.05) is 52.1 Å². The second-order valence-corrected chi connectivity index (χ2v) is 12.3. The lowest BCUT2D eigenvalue weighted by Crippen LogP contribution is -2.13. The Morgan fingerprint density at radius 2 is 0.889 bits per heavy atom. The zero-order valence-corrected chi connectivity index (χ0v) is 25.9. The molecule has 220 valence electrons. The first-order valence-electron chi connectivity index (χ1n) is 15.4. The number of anilines is 6. The number of pyridine rings is 1. The number of aromatic nitrogens is 2. The molecule has 0 N–H and O–H groups in total. The molecule has 7 aromatic rings. The average Bonchev–Trinajstić information content (AvgIpc) is 3.52. The number of rotatable bonds is 7. The van der Waals surface area contributed by atoms with Crippen molar-refractivity contribution in [3.05, 3.63) is 170 Å². The third-order valence-electron chi connectivity index (χ3n) is 8.17. The maximum atomic E-state index is 4.81. The number of hydrogen-bond acceptors (Lipinski definition) is 3. The molecular formula is C41H36N4. The van der Waals surface area contributed by atoms with E-state index in [1.807, 2.05) is 24.4 Å². The predicted molar refractivity (Wildman–Crippen MR) is 189 cm³/mol. The Morgan fingerprint density at radius 1 is 0.467 bits per heavy atom. The van der Waals surface area contributed by atoms with Crippen LogP contribution in [-0.2, 0) is 5.41 Å². The van der Waals surface area contributed by atoms with Gasteiger partial charge in [0.05, 0.1) is 5.69 Å². The summed E-state index contributed by atoms with van der Waals surface area (Å²) in [5.41, 5.74) is 11.0. The van der Waals surface area contributed by atoms with Crippen LogP contribution in [0.1, 0.15) is 26.3 Å². The Balaban J connectivity index is 1.24. The summed E-state index contributed by atoms with van der Waals surface area (Å²) in [7, 11) is 0. The van der Waals surface area contributed by atoms with Gasteiger partial charge in [0.1, 0.15) is 5.65 Å². The van der Waals surface area contributed by atoms with E-state index in [4.69, 9.17) is 4.98 Å². The van der Waals surface area contributed by atoms with Gasteiger partial charge in [0.15, 0.2) is 0 Å². The van der Waals surface area contributed by atoms with Gasteiger partial charge in [-0.3, -0.25) is 0 Å². The predicted octanol–water partition coefficient (Wildman–Crippen LogP) is 11.2. The molecule has 0 saturated carbocycles. The highest BCUT2D eigenvalue weighted by Crippen LogP contribution is 2.39. The summed E-state index contributed by atoms with van der Waals surface area (Å²) >= 11 is 0. The van der Waals surface area contributed by atoms with Crippen molar-refractivity contribution >= 4 is 39.8 Å². The third-order valence-corrected chi connectivity index (χ3v) is 8.17. The molecular weight excluding hydrogens is 548 g/mol. The van der Waals surface area contributed by atoms with Crippen LogP contribution in [0, 0.1) is 0 Å². The molecule has 45 heavy (non-hydrogen) atoms. The molecule has 0 atom stereocenters. The first-order valence-corrected chi connectivity index (χ1v) is 15.4. The molecule has 0 radical (unpaired) electrons. The lowest BCUT2D eigenvalue weighted by Gasteiger charge is -2.29. The first-order chi connectivity index (χ1) is 21.9. The summed E-state index contributed by atoms with van der Waals surface area (Å²) in [5, 5.41) is 0. The van der Waals surface area contributed by atoms with Gasteiger partial charge in [0.2, 0.25) is 0 Å². The molecule has 0 aliphatic carbocycles. The number of benzene rings is 5. The highest BCUT2D eigenvalue weighted by atomic mass is 15.2. The van der Waals surface area contributed by atoms with Crippen molar-refractivity contribution in [2.45, 2.75) is 26.2 Å². The quantitative estimate of drug-likeness (QED) is 0.186. The van der Waals surface area contributed by atoms with Crippen LogP contribution in [0.3, 0.4) is 0 Å². The Kier molecular flexibility index (Phi) is 7.40. The molecule has 0 aliphatic rings. The molecule has 0 amide bonds. The highest BCUT2D eigenvalue weighted by Gasteiger charge is 2.18. The fraction of sp³-hybridized carbons (Fsp3) is 0.0976. The van der Waals surface area contributed by atoms with Crippen LogP contribution < -0.4 is 9.80 Å². The number of fused-ring (bicyclic) bond motifs is 1. The summed E-state index contributed by atoms with van der Waals surface area (Å²) in [6, 6.07) is 53.6. The lowest BCUT2D eigenvalue weighted by molar-refractivity contribution is 0.590. The number of para-hydroxylation sites is 2. The van der Waals surface area contributed by atoms with Crippen LogP contribution in [-0.4, -0.2) is 9.38 Å². The number of nitrogens with zero attached hydrogens (tertiary/aromatic N) is 4. The maximum absolute atomic E-state index is 4.81. The minimum absolute atomic E-state index is 0.101. The molecule has 4 heteroatoms. The summed E-state index contributed by atoms with van der Waals surface area (Å²) in [6.45, 7) is 6.75. The number of imidazole rings is 1. The fourth-order valence-corrected chi connectivity index (χ4v) is 5.76. The van der Waals surface area contributed by atoms with E-state index < -0.39 is 0 Å². The van der Waals surface area contributed by atoms with Crippen LogP contribution in [0.15, 0.2) is 164 Å². The van der Waals surface area contributed by atoms with Crippen molar-refractivity contribution in [3.63, 3.8) is 0 Å². The van der Waals surface area contributed by atoms with Gasteiger partial charge in [-0.2, -0.15) is 0 Å². The van der Waals surface area contributed by atoms with Crippen LogP contribution in [0.5, 0.6) is 0 Å². The largest absolute Gasteiger partial charge is 0.311 e. The lowest BCUT2D eigenvalue weighted by atomic mass is 9.87. The van der Waals surface area contributed by atoms with Crippen molar-refractivity contribution in [2.24, 2.45) is 0 Å². The Morgan fingerprint density at radius 3 is 1.36 bits per heavy atom. The van der Waals surface area contributed by atoms with Gasteiger partial charge in [0.25, 0.3) is 0 Å². The van der Waals surface area contributed by atoms with E-state index in [1.54, 1.807) is 0 Å². The van der Waals surface area contributed by atoms with Crippen molar-refractivity contribution in [1.82, 2.24) is 9.38 Å². The second kappa shape index (κ2) is 11.8. The molecule has 0 fully saturated rings. The standard InChI is InChI=1S/C41H36N4/c1-41(2,3)32-19-23-36(24-20-32)45(34-14-8-5-9-15-34)38-27-25-37(26-28-38)44(33-12-6-4-7-13-33)35-21-17-31(18-22-35)39-30-43-29-11-10-16-40(43)42-39/h4-30H,1-3H3. The Labute approximate surface area is 265 Å². The fourth-order valence-electron chi connectivity index (χ4n) is 5.76. The van der Waals surface area contributed by atoms with E-state index >= 15 is 0 Å². The zero-order chi connectivity index (χ0) is 30.8. The van der Waals surface area contributed by atoms with E-state index in [0.29, 0.717) is 0 Å². The van der Waals surface area contributed by atoms with Gasteiger partial charge < -0.3 is 14.2 Å². The van der Waals surface area contributed by atoms with Crippen LogP contribution >= 0.6 is 0 Å². The van der Waals surface area contributed by atoms with Crippen molar-refractivity contribution in [1.29, 1.82) is 0 Å². The molecule has 2 heterocycles.